The van der Waals surface area contributed by atoms with Crippen LogP contribution in [0.25, 0.3) is 0 Å². The molecule has 0 aromatic carbocycles. The van der Waals surface area contributed by atoms with Gasteiger partial charge in [-0.25, -0.2) is 0 Å². The van der Waals surface area contributed by atoms with Gasteiger partial charge in [0.2, 0.25) is 0 Å². The van der Waals surface area contributed by atoms with E-state index in [2.05, 4.69) is 39.5 Å². The van der Waals surface area contributed by atoms with Crippen LogP contribution >= 0.6 is 0 Å². The number of rotatable bonds is 19. The van der Waals surface area contributed by atoms with Crippen molar-refractivity contribution in [1.29, 1.82) is 0 Å². The predicted octanol–water partition coefficient (Wildman–Crippen LogP) is 8.37. The third-order valence-electron chi connectivity index (χ3n) is 5.74. The highest BCUT2D eigenvalue weighted by Crippen LogP contribution is 2.23. The molecule has 0 heterocycles. The maximum atomic E-state index is 2.72. The second-order valence-electron chi connectivity index (χ2n) is 8.79. The first-order valence-corrected chi connectivity index (χ1v) is 11.8. The van der Waals surface area contributed by atoms with E-state index < -0.39 is 0 Å². The van der Waals surface area contributed by atoms with Gasteiger partial charge in [0.1, 0.15) is 0 Å². The first kappa shape index (κ1) is 25.0. The van der Waals surface area contributed by atoms with Crippen LogP contribution < -0.4 is 0 Å². The average molecular weight is 354 g/mol. The summed E-state index contributed by atoms with van der Waals surface area (Å²) in [5.74, 6) is 0. The van der Waals surface area contributed by atoms with Gasteiger partial charge in [0, 0.05) is 5.54 Å². The van der Waals surface area contributed by atoms with Gasteiger partial charge < -0.3 is 0 Å². The lowest BCUT2D eigenvalue weighted by molar-refractivity contribution is 0.108. The standard InChI is InChI=1S/C24H51N/c1-6-9-10-11-12-13-14-15-16-17-18-19-20-21-24(4,5)25(22-7-2)23-8-3/h6-23H2,1-5H3. The fourth-order valence-electron chi connectivity index (χ4n) is 3.99. The van der Waals surface area contributed by atoms with Crippen molar-refractivity contribution in [3.05, 3.63) is 0 Å². The monoisotopic (exact) mass is 353 g/mol. The molecule has 0 aliphatic rings. The number of nitrogens with zero attached hydrogens (tertiary/aromatic N) is 1. The van der Waals surface area contributed by atoms with Crippen molar-refractivity contribution >= 4 is 0 Å². The van der Waals surface area contributed by atoms with Crippen molar-refractivity contribution in [2.45, 2.75) is 143 Å². The molecule has 152 valence electrons. The van der Waals surface area contributed by atoms with Crippen LogP contribution in [0.15, 0.2) is 0 Å². The van der Waals surface area contributed by atoms with Gasteiger partial charge in [-0.3, -0.25) is 4.90 Å². The second-order valence-corrected chi connectivity index (χ2v) is 8.79. The molecule has 0 saturated carbocycles. The molecule has 0 aliphatic heterocycles. The summed E-state index contributed by atoms with van der Waals surface area (Å²) in [6, 6.07) is 0. The Morgan fingerprint density at radius 3 is 1.20 bits per heavy atom. The van der Waals surface area contributed by atoms with Crippen molar-refractivity contribution < 1.29 is 0 Å². The lowest BCUT2D eigenvalue weighted by Crippen LogP contribution is -2.44. The van der Waals surface area contributed by atoms with Gasteiger partial charge in [0.15, 0.2) is 0 Å². The van der Waals surface area contributed by atoms with Gasteiger partial charge in [-0.1, -0.05) is 104 Å². The fourth-order valence-corrected chi connectivity index (χ4v) is 3.99. The molecule has 25 heavy (non-hydrogen) atoms. The van der Waals surface area contributed by atoms with E-state index in [0.29, 0.717) is 5.54 Å². The number of hydrogen-bond donors (Lipinski definition) is 0. The summed E-state index contributed by atoms with van der Waals surface area (Å²) >= 11 is 0. The smallest absolute Gasteiger partial charge is 0.0153 e. The van der Waals surface area contributed by atoms with Crippen molar-refractivity contribution in [2.24, 2.45) is 0 Å². The molecule has 0 rings (SSSR count). The minimum absolute atomic E-state index is 0.393. The topological polar surface area (TPSA) is 3.24 Å². The maximum Gasteiger partial charge on any atom is 0.0153 e. The molecule has 0 bridgehead atoms. The highest BCUT2D eigenvalue weighted by atomic mass is 15.2. The zero-order chi connectivity index (χ0) is 18.8. The third-order valence-corrected chi connectivity index (χ3v) is 5.74. The van der Waals surface area contributed by atoms with E-state index >= 15 is 0 Å². The molecule has 0 unspecified atom stereocenters. The van der Waals surface area contributed by atoms with Crippen LogP contribution in [-0.2, 0) is 0 Å². The molecule has 1 nitrogen and oxygen atoms in total. The average Bonchev–Trinajstić information content (AvgIpc) is 2.58. The summed E-state index contributed by atoms with van der Waals surface area (Å²) in [5, 5.41) is 0. The van der Waals surface area contributed by atoms with Crippen LogP contribution in [-0.4, -0.2) is 23.5 Å². The van der Waals surface area contributed by atoms with E-state index in [9.17, 15) is 0 Å². The van der Waals surface area contributed by atoms with Crippen LogP contribution in [0.5, 0.6) is 0 Å². The third kappa shape index (κ3) is 14.8. The van der Waals surface area contributed by atoms with Crippen LogP contribution in [0.3, 0.4) is 0 Å². The van der Waals surface area contributed by atoms with Crippen LogP contribution in [0.1, 0.15) is 137 Å². The first-order chi connectivity index (χ1) is 12.1. The molecule has 0 amide bonds. The molecule has 0 N–H and O–H groups in total. The van der Waals surface area contributed by atoms with Crippen LogP contribution in [0.4, 0.5) is 0 Å². The Morgan fingerprint density at radius 1 is 0.480 bits per heavy atom. The van der Waals surface area contributed by atoms with Crippen molar-refractivity contribution in [2.75, 3.05) is 13.1 Å². The van der Waals surface area contributed by atoms with E-state index in [-0.39, 0.29) is 0 Å². The van der Waals surface area contributed by atoms with Crippen molar-refractivity contribution in [1.82, 2.24) is 4.90 Å². The SMILES string of the molecule is CCCCCCCCCCCCCCCC(C)(C)N(CCC)CCC. The molecule has 0 radical (unpaired) electrons. The molecule has 0 aliphatic carbocycles. The zero-order valence-corrected chi connectivity index (χ0v) is 18.7. The van der Waals surface area contributed by atoms with E-state index in [1.807, 2.05) is 0 Å². The van der Waals surface area contributed by atoms with E-state index in [4.69, 9.17) is 0 Å². The van der Waals surface area contributed by atoms with Gasteiger partial charge in [0.05, 0.1) is 0 Å². The Labute approximate surface area is 161 Å². The largest absolute Gasteiger partial charge is 0.298 e. The molecule has 0 aromatic heterocycles. The highest BCUT2D eigenvalue weighted by molar-refractivity contribution is 4.81. The quantitative estimate of drug-likeness (QED) is 0.211. The Kier molecular flexibility index (Phi) is 17.3. The fraction of sp³-hybridized carbons (Fsp3) is 1.00. The summed E-state index contributed by atoms with van der Waals surface area (Å²) in [6.45, 7) is 14.4. The summed E-state index contributed by atoms with van der Waals surface area (Å²) in [7, 11) is 0. The molecule has 0 aromatic rings. The van der Waals surface area contributed by atoms with Gasteiger partial charge >= 0.3 is 0 Å². The maximum absolute atomic E-state index is 2.72. The van der Waals surface area contributed by atoms with Gasteiger partial charge in [-0.2, -0.15) is 0 Å². The predicted molar refractivity (Wildman–Crippen MR) is 117 cm³/mol. The number of unbranched alkanes of at least 4 members (excludes halogenated alkanes) is 12. The van der Waals surface area contributed by atoms with E-state index in [1.54, 1.807) is 0 Å². The first-order valence-electron chi connectivity index (χ1n) is 11.8. The van der Waals surface area contributed by atoms with Gasteiger partial charge in [-0.05, 0) is 46.2 Å². The molecule has 0 atom stereocenters. The van der Waals surface area contributed by atoms with Crippen molar-refractivity contribution in [3.8, 4) is 0 Å². The van der Waals surface area contributed by atoms with E-state index in [0.717, 1.165) is 0 Å². The molecular formula is C24H51N. The minimum Gasteiger partial charge on any atom is -0.298 e. The van der Waals surface area contributed by atoms with Gasteiger partial charge in [0.25, 0.3) is 0 Å². The molecule has 0 fully saturated rings. The van der Waals surface area contributed by atoms with Crippen LogP contribution in [0.2, 0.25) is 0 Å². The van der Waals surface area contributed by atoms with Crippen molar-refractivity contribution in [3.63, 3.8) is 0 Å². The zero-order valence-electron chi connectivity index (χ0n) is 18.7. The molecule has 1 heteroatoms. The lowest BCUT2D eigenvalue weighted by atomic mass is 9.93. The number of hydrogen-bond acceptors (Lipinski definition) is 1. The van der Waals surface area contributed by atoms with Crippen LogP contribution in [0, 0.1) is 0 Å². The molecule has 0 spiro atoms. The lowest BCUT2D eigenvalue weighted by Gasteiger charge is -2.38. The summed E-state index contributed by atoms with van der Waals surface area (Å²) in [5.41, 5.74) is 0.393. The molecular weight excluding hydrogens is 302 g/mol. The van der Waals surface area contributed by atoms with Gasteiger partial charge in [-0.15, -0.1) is 0 Å². The summed E-state index contributed by atoms with van der Waals surface area (Å²) in [6.07, 6.45) is 22.8. The minimum atomic E-state index is 0.393. The molecule has 0 saturated heterocycles. The Morgan fingerprint density at radius 2 is 0.840 bits per heavy atom. The Hall–Kier alpha value is -0.0400. The summed E-state index contributed by atoms with van der Waals surface area (Å²) in [4.78, 5) is 2.72. The second kappa shape index (κ2) is 17.4. The Bertz CT molecular complexity index is 253. The highest BCUT2D eigenvalue weighted by Gasteiger charge is 2.24. The Balaban J connectivity index is 3.50. The summed E-state index contributed by atoms with van der Waals surface area (Å²) < 4.78 is 0. The normalized spacial score (nSPS) is 12.2. The van der Waals surface area contributed by atoms with E-state index in [1.165, 1.54) is 116 Å².